The van der Waals surface area contributed by atoms with Crippen LogP contribution in [0.3, 0.4) is 0 Å². The lowest BCUT2D eigenvalue weighted by atomic mass is 10.0. The molecule has 0 saturated carbocycles. The second-order valence-electron chi connectivity index (χ2n) is 27.8. The van der Waals surface area contributed by atoms with Gasteiger partial charge in [-0.05, 0) is 148 Å². The molecule has 109 heavy (non-hydrogen) atoms. The largest absolute Gasteiger partial charge is 0.472 e. The summed E-state index contributed by atoms with van der Waals surface area (Å²) in [5, 5.41) is 20.7. The summed E-state index contributed by atoms with van der Waals surface area (Å²) in [6.07, 6.45) is 106. The summed E-state index contributed by atoms with van der Waals surface area (Å²) in [5.41, 5.74) is 0. The van der Waals surface area contributed by atoms with Gasteiger partial charge in [0, 0.05) is 19.3 Å². The molecule has 0 aliphatic rings. The van der Waals surface area contributed by atoms with Crippen LogP contribution in [0.1, 0.15) is 329 Å². The van der Waals surface area contributed by atoms with E-state index in [1.54, 1.807) is 0 Å². The van der Waals surface area contributed by atoms with Gasteiger partial charge >= 0.3 is 33.6 Å². The molecule has 0 rings (SSSR count). The fourth-order valence-electron chi connectivity index (χ4n) is 11.1. The van der Waals surface area contributed by atoms with Crippen molar-refractivity contribution in [2.75, 3.05) is 39.6 Å². The fraction of sp³-hybridized carbons (Fsp3) is 0.659. The van der Waals surface area contributed by atoms with Crippen LogP contribution in [0.15, 0.2) is 170 Å². The molecular formula is C91H152O16P2. The van der Waals surface area contributed by atoms with Crippen LogP contribution in [0.25, 0.3) is 0 Å². The molecule has 0 fully saturated rings. The van der Waals surface area contributed by atoms with Crippen molar-refractivity contribution >= 4 is 33.6 Å². The lowest BCUT2D eigenvalue weighted by Gasteiger charge is -2.21. The molecule has 4 N–H and O–H groups in total. The van der Waals surface area contributed by atoms with Crippen LogP contribution in [-0.4, -0.2) is 95.9 Å². The molecule has 0 amide bonds. The predicted molar refractivity (Wildman–Crippen MR) is 454 cm³/mol. The molecule has 18 heteroatoms. The van der Waals surface area contributed by atoms with Gasteiger partial charge in [-0.25, -0.2) is 9.13 Å². The fourth-order valence-corrected chi connectivity index (χ4v) is 12.7. The molecule has 0 spiro atoms. The number of carbonyl (C=O) groups excluding carboxylic acids is 3. The smallest absolute Gasteiger partial charge is 0.463 e. The zero-order valence-corrected chi connectivity index (χ0v) is 70.0. The Hall–Kier alpha value is -5.09. The number of ether oxygens (including phenoxy) is 3. The van der Waals surface area contributed by atoms with Gasteiger partial charge in [-0.15, -0.1) is 0 Å². The second-order valence-corrected chi connectivity index (χ2v) is 30.7. The highest BCUT2D eigenvalue weighted by Gasteiger charge is 2.29. The van der Waals surface area contributed by atoms with Gasteiger partial charge in [0.2, 0.25) is 0 Å². The molecule has 0 saturated heterocycles. The van der Waals surface area contributed by atoms with Crippen LogP contribution in [0.4, 0.5) is 0 Å². The number of carbonyl (C=O) groups is 3. The van der Waals surface area contributed by atoms with Crippen LogP contribution in [-0.2, 0) is 55.8 Å². The Labute approximate surface area is 662 Å². The van der Waals surface area contributed by atoms with E-state index < -0.39 is 91.5 Å². The Balaban J connectivity index is 4.49. The zero-order valence-electron chi connectivity index (χ0n) is 68.2. The first kappa shape index (κ1) is 104. The van der Waals surface area contributed by atoms with E-state index in [1.165, 1.54) is 103 Å². The topological polar surface area (TPSA) is 231 Å². The number of aliphatic hydroxyl groups excluding tert-OH is 2. The minimum Gasteiger partial charge on any atom is -0.463 e. The maximum Gasteiger partial charge on any atom is 0.472 e. The molecule has 0 aromatic heterocycles. The molecule has 5 atom stereocenters. The summed E-state index contributed by atoms with van der Waals surface area (Å²) < 4.78 is 61.2. The van der Waals surface area contributed by atoms with E-state index in [2.05, 4.69) is 191 Å². The van der Waals surface area contributed by atoms with E-state index in [0.29, 0.717) is 19.3 Å². The third-order valence-corrected chi connectivity index (χ3v) is 19.3. The standard InChI is InChI=1S/C91H152O16P2/c1-4-7-10-13-16-19-22-25-28-31-34-35-36-37-38-39-40-41-42-43-44-45-46-47-48-49-52-54-56-59-62-65-68-71-74-77-89(94)101-80-86(92)81-103-108(97,98)104-82-87(93)83-105-109(99,100)106-85-88(107-91(96)79-76-73-70-67-64-61-58-55-51-33-30-27-24-21-18-15-12-9-6-3)84-102-90(95)78-75-72-69-66-63-60-57-53-50-32-29-26-23-20-17-14-11-8-5-2/h7-12,16-21,25-30,34-35,37-38,50-51,53,55,60,63,86-88,92-93H,4-6,13-15,22-24,31-33,36,39-49,52,54,56-59,61-62,64-85H2,1-3H3,(H,97,98)(H,99,100)/b10-7-,11-8-,12-9-,19-16-,20-17-,21-18-,28-25-,29-26-,30-27-,35-34-,38-37-,53-50-,55-51-,63-60-. The first-order valence-corrected chi connectivity index (χ1v) is 45.4. The van der Waals surface area contributed by atoms with Gasteiger partial charge in [0.15, 0.2) is 6.10 Å². The van der Waals surface area contributed by atoms with Gasteiger partial charge in [-0.3, -0.25) is 32.5 Å². The van der Waals surface area contributed by atoms with Crippen molar-refractivity contribution in [3.05, 3.63) is 170 Å². The van der Waals surface area contributed by atoms with E-state index in [1.807, 2.05) is 0 Å². The van der Waals surface area contributed by atoms with Gasteiger partial charge in [-0.1, -0.05) is 332 Å². The number of allylic oxidation sites excluding steroid dienone is 28. The lowest BCUT2D eigenvalue weighted by Crippen LogP contribution is -2.30. The molecule has 0 heterocycles. The van der Waals surface area contributed by atoms with Crippen LogP contribution in [0.5, 0.6) is 0 Å². The monoisotopic (exact) mass is 1560 g/mol. The Morgan fingerprint density at radius 1 is 0.257 bits per heavy atom. The summed E-state index contributed by atoms with van der Waals surface area (Å²) in [6.45, 7) is 2.30. The van der Waals surface area contributed by atoms with Crippen LogP contribution >= 0.6 is 15.6 Å². The van der Waals surface area contributed by atoms with E-state index in [-0.39, 0.29) is 19.3 Å². The van der Waals surface area contributed by atoms with Gasteiger partial charge in [0.05, 0.1) is 26.4 Å². The number of esters is 3. The quantitative estimate of drug-likeness (QED) is 0.0146. The molecule has 0 aromatic rings. The number of phosphoric ester groups is 2. The Morgan fingerprint density at radius 3 is 0.734 bits per heavy atom. The van der Waals surface area contributed by atoms with Crippen LogP contribution in [0, 0.1) is 0 Å². The first-order valence-electron chi connectivity index (χ1n) is 42.4. The predicted octanol–water partition coefficient (Wildman–Crippen LogP) is 25.5. The molecule has 0 aliphatic carbocycles. The number of hydrogen-bond donors (Lipinski definition) is 4. The summed E-state index contributed by atoms with van der Waals surface area (Å²) in [4.78, 5) is 58.8. The maximum absolute atomic E-state index is 13.0. The van der Waals surface area contributed by atoms with E-state index in [0.717, 1.165) is 167 Å². The summed E-state index contributed by atoms with van der Waals surface area (Å²) in [6, 6.07) is 0. The molecule has 5 unspecified atom stereocenters. The minimum absolute atomic E-state index is 0.0756. The van der Waals surface area contributed by atoms with Gasteiger partial charge in [0.1, 0.15) is 25.4 Å². The summed E-state index contributed by atoms with van der Waals surface area (Å²) >= 11 is 0. The van der Waals surface area contributed by atoms with Crippen molar-refractivity contribution in [2.45, 2.75) is 347 Å². The van der Waals surface area contributed by atoms with Crippen molar-refractivity contribution in [2.24, 2.45) is 0 Å². The SMILES string of the molecule is CC/C=C\C/C=C\C/C=C\C/C=C\C/C=C\CCCCCCCCCCCCCCCCCCCCCC(=O)OCC(O)COP(=O)(O)OCC(O)COP(=O)(O)OCC(COC(=O)CCCCC/C=C\C/C=C\C/C=C\C/C=C\C/C=C\CC)OC(=O)CCCCCCCC/C=C\C/C=C\C/C=C\C/C=C\CC. The van der Waals surface area contributed by atoms with E-state index in [4.69, 9.17) is 32.3 Å². The van der Waals surface area contributed by atoms with Crippen molar-refractivity contribution in [1.29, 1.82) is 0 Å². The minimum atomic E-state index is -4.95. The molecule has 16 nitrogen and oxygen atoms in total. The van der Waals surface area contributed by atoms with E-state index in [9.17, 15) is 43.5 Å². The normalized spacial score (nSPS) is 14.7. The van der Waals surface area contributed by atoms with Crippen molar-refractivity contribution in [1.82, 2.24) is 0 Å². The van der Waals surface area contributed by atoms with E-state index >= 15 is 0 Å². The van der Waals surface area contributed by atoms with Gasteiger partial charge in [0.25, 0.3) is 0 Å². The number of phosphoric acid groups is 2. The molecule has 0 radical (unpaired) electrons. The molecule has 622 valence electrons. The zero-order chi connectivity index (χ0) is 79.4. The number of rotatable bonds is 79. The summed E-state index contributed by atoms with van der Waals surface area (Å²) in [7, 11) is -9.82. The third-order valence-electron chi connectivity index (χ3n) is 17.4. The van der Waals surface area contributed by atoms with Crippen LogP contribution in [0.2, 0.25) is 0 Å². The molecular weight excluding hydrogens is 1410 g/mol. The Kier molecular flexibility index (Phi) is 78.5. The highest BCUT2D eigenvalue weighted by atomic mass is 31.2. The highest BCUT2D eigenvalue weighted by Crippen LogP contribution is 2.45. The molecule has 0 aliphatic heterocycles. The van der Waals surface area contributed by atoms with Crippen molar-refractivity contribution in [3.63, 3.8) is 0 Å². The second kappa shape index (κ2) is 82.4. The van der Waals surface area contributed by atoms with Crippen LogP contribution < -0.4 is 0 Å². The Morgan fingerprint density at radius 2 is 0.459 bits per heavy atom. The highest BCUT2D eigenvalue weighted by molar-refractivity contribution is 7.47. The van der Waals surface area contributed by atoms with Crippen molar-refractivity contribution in [3.8, 4) is 0 Å². The number of unbranched alkanes of at least 4 members (excludes halogenated alkanes) is 28. The number of hydrogen-bond acceptors (Lipinski definition) is 14. The average Bonchev–Trinajstić information content (AvgIpc) is 0.900. The Bertz CT molecular complexity index is 2660. The first-order chi connectivity index (χ1) is 53.2. The average molecular weight is 1560 g/mol. The molecule has 0 bridgehead atoms. The third kappa shape index (κ3) is 83.7. The number of aliphatic hydroxyl groups is 2. The summed E-state index contributed by atoms with van der Waals surface area (Å²) in [5.74, 6) is -1.63. The lowest BCUT2D eigenvalue weighted by molar-refractivity contribution is -0.161. The van der Waals surface area contributed by atoms with Crippen molar-refractivity contribution < 1.29 is 75.8 Å². The maximum atomic E-state index is 13.0. The van der Waals surface area contributed by atoms with Gasteiger partial charge < -0.3 is 34.2 Å². The van der Waals surface area contributed by atoms with Gasteiger partial charge in [-0.2, -0.15) is 0 Å². The molecule has 0 aromatic carbocycles.